The van der Waals surface area contributed by atoms with Crippen molar-refractivity contribution in [3.05, 3.63) is 59.7 Å². The highest BCUT2D eigenvalue weighted by atomic mass is 32.1. The average Bonchev–Trinajstić information content (AvgIpc) is 2.60. The van der Waals surface area contributed by atoms with Gasteiger partial charge < -0.3 is 9.84 Å². The smallest absolute Gasteiger partial charge is 0.270 e. The summed E-state index contributed by atoms with van der Waals surface area (Å²) in [5.74, 6) is -0.572. The molecule has 2 N–H and O–H groups in total. The third-order valence-corrected chi connectivity index (χ3v) is 3.92. The molecule has 1 aliphatic heterocycles. The SMILES string of the molecule is COc1ccccc1N1C(=O)C(=Cc2ccc(O)cc2)C(=O)NC1=S. The lowest BCUT2D eigenvalue weighted by atomic mass is 10.1. The second kappa shape index (κ2) is 6.74. The number of carbonyl (C=O) groups excluding carboxylic acids is 2. The molecular formula is C18H14N2O4S. The molecule has 0 bridgehead atoms. The van der Waals surface area contributed by atoms with Crippen molar-refractivity contribution in [1.82, 2.24) is 5.32 Å². The van der Waals surface area contributed by atoms with Gasteiger partial charge in [-0.2, -0.15) is 0 Å². The summed E-state index contributed by atoms with van der Waals surface area (Å²) < 4.78 is 5.28. The highest BCUT2D eigenvalue weighted by Crippen LogP contribution is 2.30. The molecule has 126 valence electrons. The van der Waals surface area contributed by atoms with E-state index < -0.39 is 11.8 Å². The second-order valence-electron chi connectivity index (χ2n) is 5.22. The maximum Gasteiger partial charge on any atom is 0.270 e. The first-order chi connectivity index (χ1) is 12.0. The number of thiocarbonyl (C=S) groups is 1. The van der Waals surface area contributed by atoms with E-state index >= 15 is 0 Å². The van der Waals surface area contributed by atoms with Gasteiger partial charge in [0.15, 0.2) is 5.11 Å². The maximum atomic E-state index is 12.9. The molecule has 1 saturated heterocycles. The minimum absolute atomic E-state index is 0.0117. The van der Waals surface area contributed by atoms with E-state index in [1.807, 2.05) is 0 Å². The summed E-state index contributed by atoms with van der Waals surface area (Å²) in [6, 6.07) is 13.0. The van der Waals surface area contributed by atoms with Gasteiger partial charge in [-0.05, 0) is 48.1 Å². The van der Waals surface area contributed by atoms with E-state index in [1.54, 1.807) is 36.4 Å². The fraction of sp³-hybridized carbons (Fsp3) is 0.0556. The Hall–Kier alpha value is -3.19. The van der Waals surface area contributed by atoms with Gasteiger partial charge >= 0.3 is 0 Å². The summed E-state index contributed by atoms with van der Waals surface area (Å²) >= 11 is 5.16. The Labute approximate surface area is 149 Å². The third-order valence-electron chi connectivity index (χ3n) is 3.63. The number of ether oxygens (including phenoxy) is 1. The van der Waals surface area contributed by atoms with E-state index in [2.05, 4.69) is 5.32 Å². The number of nitrogens with one attached hydrogen (secondary N) is 1. The van der Waals surface area contributed by atoms with Crippen molar-refractivity contribution in [2.24, 2.45) is 0 Å². The zero-order valence-corrected chi connectivity index (χ0v) is 14.0. The number of hydrogen-bond acceptors (Lipinski definition) is 5. The number of benzene rings is 2. The van der Waals surface area contributed by atoms with Crippen molar-refractivity contribution in [3.8, 4) is 11.5 Å². The summed E-state index contributed by atoms with van der Waals surface area (Å²) in [5.41, 5.74) is 0.978. The molecule has 2 amide bonds. The van der Waals surface area contributed by atoms with Gasteiger partial charge in [-0.25, -0.2) is 4.90 Å². The average molecular weight is 354 g/mol. The lowest BCUT2D eigenvalue weighted by Gasteiger charge is -2.29. The van der Waals surface area contributed by atoms with Gasteiger partial charge in [0.1, 0.15) is 17.1 Å². The monoisotopic (exact) mass is 354 g/mol. The molecule has 2 aromatic rings. The van der Waals surface area contributed by atoms with Crippen LogP contribution in [0.25, 0.3) is 6.08 Å². The molecule has 1 heterocycles. The molecule has 0 aromatic heterocycles. The van der Waals surface area contributed by atoms with E-state index in [9.17, 15) is 14.7 Å². The molecule has 0 spiro atoms. The molecular weight excluding hydrogens is 340 g/mol. The van der Waals surface area contributed by atoms with Gasteiger partial charge in [0.25, 0.3) is 11.8 Å². The fourth-order valence-corrected chi connectivity index (χ4v) is 2.70. The van der Waals surface area contributed by atoms with Crippen molar-refractivity contribution < 1.29 is 19.4 Å². The number of amides is 2. The molecule has 25 heavy (non-hydrogen) atoms. The van der Waals surface area contributed by atoms with Crippen LogP contribution in [0.5, 0.6) is 11.5 Å². The number of phenols is 1. The third kappa shape index (κ3) is 3.22. The Bertz CT molecular complexity index is 890. The topological polar surface area (TPSA) is 78.9 Å². The number of methoxy groups -OCH3 is 1. The van der Waals surface area contributed by atoms with Crippen LogP contribution >= 0.6 is 12.2 Å². The lowest BCUT2D eigenvalue weighted by Crippen LogP contribution is -2.54. The Morgan fingerprint density at radius 1 is 1.12 bits per heavy atom. The first kappa shape index (κ1) is 16.7. The summed E-state index contributed by atoms with van der Waals surface area (Å²) in [6.45, 7) is 0. The standard InChI is InChI=1S/C18H14N2O4S/c1-24-15-5-3-2-4-14(15)20-17(23)13(16(22)19-18(20)25)10-11-6-8-12(21)9-7-11/h2-10,21H,1H3,(H,19,22,25). The van der Waals surface area contributed by atoms with E-state index in [0.29, 0.717) is 17.0 Å². The van der Waals surface area contributed by atoms with Gasteiger partial charge in [0.2, 0.25) is 0 Å². The van der Waals surface area contributed by atoms with Crippen molar-refractivity contribution in [2.45, 2.75) is 0 Å². The normalized spacial score (nSPS) is 16.1. The number of rotatable bonds is 3. The van der Waals surface area contributed by atoms with Crippen LogP contribution in [0.3, 0.4) is 0 Å². The van der Waals surface area contributed by atoms with Gasteiger partial charge in [0, 0.05) is 0 Å². The van der Waals surface area contributed by atoms with Crippen molar-refractivity contribution >= 4 is 40.9 Å². The molecule has 0 unspecified atom stereocenters. The number of carbonyl (C=O) groups is 2. The van der Waals surface area contributed by atoms with E-state index in [-0.39, 0.29) is 16.4 Å². The van der Waals surface area contributed by atoms with E-state index in [4.69, 9.17) is 17.0 Å². The number of hydrogen-bond donors (Lipinski definition) is 2. The first-order valence-corrected chi connectivity index (χ1v) is 7.75. The summed E-state index contributed by atoms with van der Waals surface area (Å²) in [7, 11) is 1.49. The minimum atomic E-state index is -0.575. The van der Waals surface area contributed by atoms with Crippen LogP contribution in [0.1, 0.15) is 5.56 Å². The Morgan fingerprint density at radius 2 is 1.80 bits per heavy atom. The predicted molar refractivity (Wildman–Crippen MR) is 97.3 cm³/mol. The van der Waals surface area contributed by atoms with Gasteiger partial charge in [0.05, 0.1) is 12.8 Å². The quantitative estimate of drug-likeness (QED) is 0.502. The van der Waals surface area contributed by atoms with Gasteiger partial charge in [-0.1, -0.05) is 24.3 Å². The second-order valence-corrected chi connectivity index (χ2v) is 5.61. The summed E-state index contributed by atoms with van der Waals surface area (Å²) in [5, 5.41) is 11.8. The largest absolute Gasteiger partial charge is 0.508 e. The Morgan fingerprint density at radius 3 is 2.48 bits per heavy atom. The van der Waals surface area contributed by atoms with Crippen LogP contribution in [-0.4, -0.2) is 29.1 Å². The van der Waals surface area contributed by atoms with E-state index in [1.165, 1.54) is 30.2 Å². The number of nitrogens with zero attached hydrogens (tertiary/aromatic N) is 1. The molecule has 1 aliphatic rings. The van der Waals surface area contributed by atoms with Crippen molar-refractivity contribution in [2.75, 3.05) is 12.0 Å². The summed E-state index contributed by atoms with van der Waals surface area (Å²) in [6.07, 6.45) is 1.45. The molecule has 0 aliphatic carbocycles. The molecule has 0 atom stereocenters. The summed E-state index contributed by atoms with van der Waals surface area (Å²) in [4.78, 5) is 26.3. The van der Waals surface area contributed by atoms with Crippen LogP contribution in [0.2, 0.25) is 0 Å². The Kier molecular flexibility index (Phi) is 4.49. The van der Waals surface area contributed by atoms with Crippen molar-refractivity contribution in [1.29, 1.82) is 0 Å². The van der Waals surface area contributed by atoms with Crippen LogP contribution in [0.4, 0.5) is 5.69 Å². The highest BCUT2D eigenvalue weighted by molar-refractivity contribution is 7.80. The van der Waals surface area contributed by atoms with Gasteiger partial charge in [-0.3, -0.25) is 14.9 Å². The molecule has 7 heteroatoms. The zero-order chi connectivity index (χ0) is 18.0. The van der Waals surface area contributed by atoms with Gasteiger partial charge in [-0.15, -0.1) is 0 Å². The van der Waals surface area contributed by atoms with Crippen LogP contribution in [-0.2, 0) is 9.59 Å². The van der Waals surface area contributed by atoms with E-state index in [0.717, 1.165) is 0 Å². The minimum Gasteiger partial charge on any atom is -0.508 e. The van der Waals surface area contributed by atoms with Crippen LogP contribution < -0.4 is 15.0 Å². The molecule has 1 fully saturated rings. The fourth-order valence-electron chi connectivity index (χ4n) is 2.43. The number of aromatic hydroxyl groups is 1. The predicted octanol–water partition coefficient (Wildman–Crippen LogP) is 2.23. The molecule has 2 aromatic carbocycles. The van der Waals surface area contributed by atoms with Crippen molar-refractivity contribution in [3.63, 3.8) is 0 Å². The molecule has 6 nitrogen and oxygen atoms in total. The maximum absolute atomic E-state index is 12.9. The number of anilines is 1. The van der Waals surface area contributed by atoms with Crippen LogP contribution in [0, 0.1) is 0 Å². The Balaban J connectivity index is 2.04. The molecule has 0 saturated carbocycles. The number of para-hydroxylation sites is 2. The first-order valence-electron chi connectivity index (χ1n) is 7.35. The molecule has 3 rings (SSSR count). The lowest BCUT2D eigenvalue weighted by molar-refractivity contribution is -0.122. The zero-order valence-electron chi connectivity index (χ0n) is 13.2. The number of phenolic OH excluding ortho intramolecular Hbond substituents is 1. The van der Waals surface area contributed by atoms with Crippen LogP contribution in [0.15, 0.2) is 54.1 Å². The molecule has 0 radical (unpaired) electrons. The highest BCUT2D eigenvalue weighted by Gasteiger charge is 2.35.